The van der Waals surface area contributed by atoms with Crippen LogP contribution in [0.3, 0.4) is 0 Å². The van der Waals surface area contributed by atoms with Crippen molar-refractivity contribution in [2.75, 3.05) is 0 Å². The normalized spacial score (nSPS) is 13.5. The second kappa shape index (κ2) is 6.83. The Balaban J connectivity index is 3.60. The van der Waals surface area contributed by atoms with Crippen LogP contribution in [0.25, 0.3) is 0 Å². The van der Waals surface area contributed by atoms with Gasteiger partial charge in [0.25, 0.3) is 0 Å². The van der Waals surface area contributed by atoms with Gasteiger partial charge < -0.3 is 0 Å². The zero-order valence-corrected chi connectivity index (χ0v) is 12.1. The Labute approximate surface area is 92.9 Å². The molecule has 0 bridgehead atoms. The Kier molecular flexibility index (Phi) is 7.06. The van der Waals surface area contributed by atoms with E-state index in [-0.39, 0.29) is 0 Å². The molecule has 0 saturated heterocycles. The fraction of sp³-hybridized carbons (Fsp3) is 0.818. The molecule has 78 valence electrons. The van der Waals surface area contributed by atoms with E-state index in [1.54, 1.807) is 0 Å². The Hall–Kier alpha value is 0.437. The Morgan fingerprint density at radius 2 is 1.77 bits per heavy atom. The number of allylic oxidation sites excluding steroid dienone is 1. The van der Waals surface area contributed by atoms with Gasteiger partial charge in [-0.1, -0.05) is 67.8 Å². The van der Waals surface area contributed by atoms with Crippen LogP contribution in [-0.4, -0.2) is 8.07 Å². The lowest BCUT2D eigenvalue weighted by Crippen LogP contribution is -2.20. The minimum Gasteiger partial charge on any atom is -0.0785 e. The lowest BCUT2D eigenvalue weighted by atomic mass is 10.2. The average Bonchev–Trinajstić information content (AvgIpc) is 2.02. The van der Waals surface area contributed by atoms with Crippen LogP contribution in [0.1, 0.15) is 39.0 Å². The van der Waals surface area contributed by atoms with Crippen molar-refractivity contribution in [2.45, 2.75) is 58.7 Å². The SMILES string of the molecule is CCCCCC/C=C(/Br)[Si](C)(C)C. The van der Waals surface area contributed by atoms with Gasteiger partial charge in [-0.25, -0.2) is 0 Å². The smallest absolute Gasteiger partial charge is 0.0785 e. The maximum atomic E-state index is 3.69. The fourth-order valence-corrected chi connectivity index (χ4v) is 2.09. The molecule has 0 fully saturated rings. The van der Waals surface area contributed by atoms with E-state index in [0.717, 1.165) is 0 Å². The zero-order valence-electron chi connectivity index (χ0n) is 9.49. The molecule has 2 heteroatoms. The first-order valence-electron chi connectivity index (χ1n) is 5.34. The maximum absolute atomic E-state index is 3.69. The molecule has 0 amide bonds. The van der Waals surface area contributed by atoms with Crippen molar-refractivity contribution < 1.29 is 0 Å². The Bertz CT molecular complexity index is 156. The molecule has 0 saturated carbocycles. The number of hydrogen-bond acceptors (Lipinski definition) is 0. The van der Waals surface area contributed by atoms with Crippen molar-refractivity contribution in [3.8, 4) is 0 Å². The molecular weight excluding hydrogens is 240 g/mol. The van der Waals surface area contributed by atoms with Crippen LogP contribution in [0.5, 0.6) is 0 Å². The zero-order chi connectivity index (χ0) is 10.3. The minimum absolute atomic E-state index is 1.05. The van der Waals surface area contributed by atoms with E-state index in [1.165, 1.54) is 36.2 Å². The molecule has 0 N–H and O–H groups in total. The molecule has 0 spiro atoms. The topological polar surface area (TPSA) is 0 Å². The van der Waals surface area contributed by atoms with E-state index in [2.05, 4.69) is 48.6 Å². The van der Waals surface area contributed by atoms with Gasteiger partial charge in [0.1, 0.15) is 0 Å². The van der Waals surface area contributed by atoms with E-state index in [0.29, 0.717) is 0 Å². The maximum Gasteiger partial charge on any atom is 0.0861 e. The van der Waals surface area contributed by atoms with Gasteiger partial charge in [0.15, 0.2) is 0 Å². The summed E-state index contributed by atoms with van der Waals surface area (Å²) in [4.78, 5) is 0. The molecule has 0 heterocycles. The minimum atomic E-state index is -1.05. The average molecular weight is 263 g/mol. The van der Waals surface area contributed by atoms with Crippen LogP contribution in [0.15, 0.2) is 10.2 Å². The second-order valence-corrected chi connectivity index (χ2v) is 11.3. The lowest BCUT2D eigenvalue weighted by molar-refractivity contribution is 0.674. The quantitative estimate of drug-likeness (QED) is 0.461. The summed E-state index contributed by atoms with van der Waals surface area (Å²) in [5.41, 5.74) is 0. The van der Waals surface area contributed by atoms with Gasteiger partial charge >= 0.3 is 0 Å². The van der Waals surface area contributed by atoms with E-state index >= 15 is 0 Å². The van der Waals surface area contributed by atoms with E-state index in [9.17, 15) is 0 Å². The van der Waals surface area contributed by atoms with Crippen LogP contribution in [0.2, 0.25) is 19.6 Å². The van der Waals surface area contributed by atoms with E-state index in [4.69, 9.17) is 0 Å². The van der Waals surface area contributed by atoms with Crippen LogP contribution in [-0.2, 0) is 0 Å². The summed E-state index contributed by atoms with van der Waals surface area (Å²) in [5.74, 6) is 0. The lowest BCUT2D eigenvalue weighted by Gasteiger charge is -2.14. The van der Waals surface area contributed by atoms with Crippen molar-refractivity contribution in [2.24, 2.45) is 0 Å². The van der Waals surface area contributed by atoms with Crippen LogP contribution in [0, 0.1) is 0 Å². The molecule has 0 nitrogen and oxygen atoms in total. The van der Waals surface area contributed by atoms with Gasteiger partial charge in [-0.15, -0.1) is 0 Å². The monoisotopic (exact) mass is 262 g/mol. The van der Waals surface area contributed by atoms with Gasteiger partial charge in [0.05, 0.1) is 8.07 Å². The predicted molar refractivity (Wildman–Crippen MR) is 69.1 cm³/mol. The van der Waals surface area contributed by atoms with Gasteiger partial charge in [-0.05, 0) is 16.9 Å². The predicted octanol–water partition coefficient (Wildman–Crippen LogP) is 5.11. The summed E-state index contributed by atoms with van der Waals surface area (Å²) in [7, 11) is -1.05. The Morgan fingerprint density at radius 1 is 1.15 bits per heavy atom. The highest BCUT2D eigenvalue weighted by molar-refractivity contribution is 9.12. The van der Waals surface area contributed by atoms with E-state index in [1.807, 2.05) is 0 Å². The third kappa shape index (κ3) is 7.50. The first kappa shape index (κ1) is 13.4. The highest BCUT2D eigenvalue weighted by Gasteiger charge is 2.16. The first-order valence-corrected chi connectivity index (χ1v) is 9.64. The summed E-state index contributed by atoms with van der Waals surface area (Å²) < 4.78 is 1.48. The number of hydrogen-bond donors (Lipinski definition) is 0. The standard InChI is InChI=1S/C11H23BrSi/c1-5-6-7-8-9-10-11(12)13(2,3)4/h10H,5-9H2,1-4H3/b11-10-. The van der Waals surface area contributed by atoms with Crippen molar-refractivity contribution in [3.05, 3.63) is 10.2 Å². The van der Waals surface area contributed by atoms with Crippen molar-refractivity contribution in [3.63, 3.8) is 0 Å². The molecule has 0 unspecified atom stereocenters. The fourth-order valence-electron chi connectivity index (χ4n) is 1.11. The second-order valence-electron chi connectivity index (χ2n) is 4.65. The number of rotatable bonds is 6. The van der Waals surface area contributed by atoms with Gasteiger partial charge in [-0.3, -0.25) is 0 Å². The van der Waals surface area contributed by atoms with Gasteiger partial charge in [0, 0.05) is 0 Å². The van der Waals surface area contributed by atoms with Gasteiger partial charge in [-0.2, -0.15) is 0 Å². The first-order chi connectivity index (χ1) is 5.98. The molecular formula is C11H23BrSi. The Morgan fingerprint density at radius 3 is 2.23 bits per heavy atom. The molecule has 0 aliphatic carbocycles. The number of unbranched alkanes of at least 4 members (excludes halogenated alkanes) is 4. The summed E-state index contributed by atoms with van der Waals surface area (Å²) >= 11 is 3.69. The van der Waals surface area contributed by atoms with Crippen molar-refractivity contribution in [1.29, 1.82) is 0 Å². The largest absolute Gasteiger partial charge is 0.0861 e. The van der Waals surface area contributed by atoms with Crippen LogP contribution in [0.4, 0.5) is 0 Å². The van der Waals surface area contributed by atoms with Crippen molar-refractivity contribution >= 4 is 24.0 Å². The molecule has 13 heavy (non-hydrogen) atoms. The summed E-state index contributed by atoms with van der Waals surface area (Å²) in [6, 6.07) is 0. The summed E-state index contributed by atoms with van der Waals surface area (Å²) in [6.07, 6.45) is 9.11. The molecule has 0 aliphatic heterocycles. The van der Waals surface area contributed by atoms with Gasteiger partial charge in [0.2, 0.25) is 0 Å². The van der Waals surface area contributed by atoms with Crippen LogP contribution >= 0.6 is 15.9 Å². The molecule has 0 aromatic heterocycles. The molecule has 0 rings (SSSR count). The van der Waals surface area contributed by atoms with Crippen LogP contribution < -0.4 is 0 Å². The number of halogens is 1. The summed E-state index contributed by atoms with van der Waals surface area (Å²) in [6.45, 7) is 9.38. The molecule has 0 aromatic rings. The third-order valence-corrected chi connectivity index (χ3v) is 7.63. The molecule has 0 atom stereocenters. The molecule has 0 radical (unpaired) electrons. The van der Waals surface area contributed by atoms with Crippen molar-refractivity contribution in [1.82, 2.24) is 0 Å². The molecule has 0 aromatic carbocycles. The van der Waals surface area contributed by atoms with E-state index < -0.39 is 8.07 Å². The summed E-state index contributed by atoms with van der Waals surface area (Å²) in [5, 5.41) is 0. The highest BCUT2D eigenvalue weighted by atomic mass is 79.9. The third-order valence-electron chi connectivity index (χ3n) is 2.10. The highest BCUT2D eigenvalue weighted by Crippen LogP contribution is 2.21. The molecule has 0 aliphatic rings.